The molecule has 0 bridgehead atoms. The van der Waals surface area contributed by atoms with E-state index in [0.717, 1.165) is 6.42 Å². The van der Waals surface area contributed by atoms with Gasteiger partial charge in [-0.05, 0) is 25.7 Å². The molecule has 0 aromatic carbocycles. The van der Waals surface area contributed by atoms with Crippen molar-refractivity contribution in [3.05, 3.63) is 22.4 Å². The third-order valence-electron chi connectivity index (χ3n) is 7.51. The highest BCUT2D eigenvalue weighted by Crippen LogP contribution is 2.41. The van der Waals surface area contributed by atoms with Crippen molar-refractivity contribution in [1.82, 2.24) is 24.6 Å². The Balaban J connectivity index is 1.41. The Hall–Kier alpha value is -2.46. The summed E-state index contributed by atoms with van der Waals surface area (Å²) in [6.45, 7) is 0.0498. The lowest BCUT2D eigenvalue weighted by atomic mass is 9.92. The number of halogens is 4. The van der Waals surface area contributed by atoms with Gasteiger partial charge < -0.3 is 9.88 Å². The van der Waals surface area contributed by atoms with Gasteiger partial charge in [-0.15, -0.1) is 0 Å². The molecule has 1 saturated heterocycles. The molecule has 3 aliphatic rings. The summed E-state index contributed by atoms with van der Waals surface area (Å²) in [5.74, 6) is -5.94. The average molecular weight is 469 g/mol. The number of piperidine rings is 1. The molecule has 2 aromatic rings. The summed E-state index contributed by atoms with van der Waals surface area (Å²) in [4.78, 5) is 34.9. The second kappa shape index (κ2) is 8.09. The minimum Gasteiger partial charge on any atom is -0.342 e. The first-order chi connectivity index (χ1) is 15.6. The number of carbonyl (C=O) groups is 1. The largest absolute Gasteiger partial charge is 0.342 e. The zero-order valence-corrected chi connectivity index (χ0v) is 18.2. The molecule has 1 amide bonds. The van der Waals surface area contributed by atoms with Gasteiger partial charge in [0.1, 0.15) is 11.2 Å². The van der Waals surface area contributed by atoms with Crippen molar-refractivity contribution in [2.45, 2.75) is 81.6 Å². The number of hydrogen-bond donors (Lipinski definition) is 1. The molecule has 33 heavy (non-hydrogen) atoms. The van der Waals surface area contributed by atoms with E-state index < -0.39 is 17.8 Å². The van der Waals surface area contributed by atoms with Crippen LogP contribution in [0, 0.1) is 5.92 Å². The maximum absolute atomic E-state index is 13.6. The Kier molecular flexibility index (Phi) is 5.48. The predicted octanol–water partition coefficient (Wildman–Crippen LogP) is 4.01. The summed E-state index contributed by atoms with van der Waals surface area (Å²) >= 11 is 0. The molecule has 0 spiro atoms. The molecular formula is C22H27F4N5O2. The SMILES string of the molecule is O=C(C1CCCC1c1nc2c(cnn2C2CCC(F)(F)CC2)c(=O)[nH]1)N1CCC(F)(F)CC1. The van der Waals surface area contributed by atoms with E-state index in [1.807, 2.05) is 0 Å². The van der Waals surface area contributed by atoms with Crippen LogP contribution in [0.4, 0.5) is 17.6 Å². The molecule has 2 atom stereocenters. The minimum atomic E-state index is -2.73. The Bertz CT molecular complexity index is 1090. The second-order valence-corrected chi connectivity index (χ2v) is 9.69. The zero-order chi connectivity index (χ0) is 23.4. The normalized spacial score (nSPS) is 27.8. The quantitative estimate of drug-likeness (QED) is 0.689. The van der Waals surface area contributed by atoms with Crippen LogP contribution in [0.25, 0.3) is 11.0 Å². The molecule has 0 radical (unpaired) electrons. The summed E-state index contributed by atoms with van der Waals surface area (Å²) in [7, 11) is 0. The monoisotopic (exact) mass is 469 g/mol. The second-order valence-electron chi connectivity index (χ2n) is 9.69. The number of H-pyrrole nitrogens is 1. The Morgan fingerprint density at radius 2 is 1.67 bits per heavy atom. The smallest absolute Gasteiger partial charge is 0.262 e. The van der Waals surface area contributed by atoms with E-state index in [4.69, 9.17) is 0 Å². The molecular weight excluding hydrogens is 442 g/mol. The van der Waals surface area contributed by atoms with Crippen LogP contribution in [0.1, 0.15) is 75.6 Å². The third kappa shape index (κ3) is 4.26. The van der Waals surface area contributed by atoms with Gasteiger partial charge in [0.15, 0.2) is 5.65 Å². The standard InChI is InChI=1S/C22H27F4N5O2/c23-21(24)6-4-13(5-7-21)31-18-16(12-27-31)19(32)29-17(28-18)14-2-1-3-15(14)20(33)30-10-8-22(25,26)9-11-30/h12-15H,1-11H2,(H,28,29,32). The van der Waals surface area contributed by atoms with Crippen LogP contribution in [-0.2, 0) is 4.79 Å². The van der Waals surface area contributed by atoms with Gasteiger partial charge >= 0.3 is 0 Å². The molecule has 2 unspecified atom stereocenters. The van der Waals surface area contributed by atoms with Crippen LogP contribution in [0.15, 0.2) is 11.0 Å². The number of aromatic nitrogens is 4. The lowest BCUT2D eigenvalue weighted by Crippen LogP contribution is -2.45. The van der Waals surface area contributed by atoms with Gasteiger partial charge in [0, 0.05) is 50.6 Å². The highest BCUT2D eigenvalue weighted by Gasteiger charge is 2.42. The number of amides is 1. The van der Waals surface area contributed by atoms with Crippen molar-refractivity contribution < 1.29 is 22.4 Å². The van der Waals surface area contributed by atoms with E-state index >= 15 is 0 Å². The van der Waals surface area contributed by atoms with Gasteiger partial charge in [0.2, 0.25) is 11.8 Å². The molecule has 2 saturated carbocycles. The van der Waals surface area contributed by atoms with Crippen molar-refractivity contribution in [3.8, 4) is 0 Å². The number of alkyl halides is 4. The fourth-order valence-corrected chi connectivity index (χ4v) is 5.54. The van der Waals surface area contributed by atoms with Crippen LogP contribution >= 0.6 is 0 Å². The van der Waals surface area contributed by atoms with Crippen LogP contribution in [0.5, 0.6) is 0 Å². The fraction of sp³-hybridized carbons (Fsp3) is 0.727. The summed E-state index contributed by atoms with van der Waals surface area (Å²) < 4.78 is 55.8. The number of carbonyl (C=O) groups excluding carboxylic acids is 1. The molecule has 1 N–H and O–H groups in total. The van der Waals surface area contributed by atoms with E-state index in [2.05, 4.69) is 15.1 Å². The van der Waals surface area contributed by atoms with Crippen molar-refractivity contribution in [3.63, 3.8) is 0 Å². The van der Waals surface area contributed by atoms with E-state index in [1.54, 1.807) is 4.68 Å². The summed E-state index contributed by atoms with van der Waals surface area (Å²) in [5, 5.41) is 4.57. The van der Waals surface area contributed by atoms with E-state index in [-0.39, 0.29) is 80.4 Å². The third-order valence-corrected chi connectivity index (χ3v) is 7.51. The van der Waals surface area contributed by atoms with Crippen LogP contribution in [0.3, 0.4) is 0 Å². The van der Waals surface area contributed by atoms with E-state index in [1.165, 1.54) is 11.1 Å². The molecule has 7 nitrogen and oxygen atoms in total. The topological polar surface area (TPSA) is 83.9 Å². The van der Waals surface area contributed by atoms with Crippen molar-refractivity contribution in [2.24, 2.45) is 5.92 Å². The predicted molar refractivity (Wildman–Crippen MR) is 111 cm³/mol. The van der Waals surface area contributed by atoms with Gasteiger partial charge in [-0.3, -0.25) is 9.59 Å². The summed E-state index contributed by atoms with van der Waals surface area (Å²) in [6, 6.07) is -0.264. The maximum atomic E-state index is 13.6. The van der Waals surface area contributed by atoms with Crippen molar-refractivity contribution in [1.29, 1.82) is 0 Å². The summed E-state index contributed by atoms with van der Waals surface area (Å²) in [6.07, 6.45) is 2.79. The molecule has 180 valence electrons. The molecule has 11 heteroatoms. The number of fused-ring (bicyclic) bond motifs is 1. The Morgan fingerprint density at radius 3 is 2.36 bits per heavy atom. The van der Waals surface area contributed by atoms with Crippen molar-refractivity contribution in [2.75, 3.05) is 13.1 Å². The van der Waals surface area contributed by atoms with Gasteiger partial charge in [-0.1, -0.05) is 6.42 Å². The van der Waals surface area contributed by atoms with Gasteiger partial charge in [-0.2, -0.15) is 5.10 Å². The molecule has 1 aliphatic heterocycles. The van der Waals surface area contributed by atoms with Crippen LogP contribution in [0.2, 0.25) is 0 Å². The number of nitrogens with one attached hydrogen (secondary N) is 1. The first-order valence-electron chi connectivity index (χ1n) is 11.7. The molecule has 3 heterocycles. The number of rotatable bonds is 3. The zero-order valence-electron chi connectivity index (χ0n) is 18.2. The minimum absolute atomic E-state index is 0.0249. The summed E-state index contributed by atoms with van der Waals surface area (Å²) in [5.41, 5.74) is -0.0298. The molecule has 2 aromatic heterocycles. The van der Waals surface area contributed by atoms with E-state index in [0.29, 0.717) is 24.3 Å². The Morgan fingerprint density at radius 1 is 1.00 bits per heavy atom. The first kappa shape index (κ1) is 22.3. The van der Waals surface area contributed by atoms with Gasteiger partial charge in [0.25, 0.3) is 11.5 Å². The number of nitrogens with zero attached hydrogens (tertiary/aromatic N) is 4. The van der Waals surface area contributed by atoms with Gasteiger partial charge in [-0.25, -0.2) is 27.2 Å². The molecule has 3 fully saturated rings. The Labute approximate surface area is 187 Å². The highest BCUT2D eigenvalue weighted by molar-refractivity contribution is 5.80. The number of hydrogen-bond acceptors (Lipinski definition) is 4. The van der Waals surface area contributed by atoms with Crippen molar-refractivity contribution >= 4 is 16.9 Å². The lowest BCUT2D eigenvalue weighted by Gasteiger charge is -2.34. The van der Waals surface area contributed by atoms with Gasteiger partial charge in [0.05, 0.1) is 12.2 Å². The van der Waals surface area contributed by atoms with Crippen LogP contribution in [-0.4, -0.2) is 55.5 Å². The van der Waals surface area contributed by atoms with E-state index in [9.17, 15) is 27.2 Å². The van der Waals surface area contributed by atoms with Crippen LogP contribution < -0.4 is 5.56 Å². The maximum Gasteiger partial charge on any atom is 0.262 e. The first-order valence-corrected chi connectivity index (χ1v) is 11.7. The average Bonchev–Trinajstić information content (AvgIpc) is 3.41. The number of likely N-dealkylation sites (tertiary alicyclic amines) is 1. The fourth-order valence-electron chi connectivity index (χ4n) is 5.54. The number of aromatic amines is 1. The molecule has 2 aliphatic carbocycles. The molecule has 5 rings (SSSR count). The lowest BCUT2D eigenvalue weighted by molar-refractivity contribution is -0.141. The highest BCUT2D eigenvalue weighted by atomic mass is 19.3.